The second-order valence-electron chi connectivity index (χ2n) is 8.13. The van der Waals surface area contributed by atoms with E-state index >= 15 is 0 Å². The SMILES string of the molecule is Cc1cc(S(=O)(=O)NCc2ccc(CN3CCOCC3)cc2)ccc1N1CCCC1=O. The van der Waals surface area contributed by atoms with Crippen molar-refractivity contribution >= 4 is 21.6 Å². The predicted molar refractivity (Wildman–Crippen MR) is 119 cm³/mol. The Morgan fingerprint density at radius 1 is 1.00 bits per heavy atom. The number of carbonyl (C=O) groups is 1. The molecule has 0 radical (unpaired) electrons. The van der Waals surface area contributed by atoms with E-state index in [9.17, 15) is 13.2 Å². The van der Waals surface area contributed by atoms with Gasteiger partial charge in [-0.3, -0.25) is 9.69 Å². The molecule has 0 atom stereocenters. The highest BCUT2D eigenvalue weighted by Gasteiger charge is 2.24. The van der Waals surface area contributed by atoms with Crippen molar-refractivity contribution in [3.05, 3.63) is 59.2 Å². The van der Waals surface area contributed by atoms with Crippen molar-refractivity contribution in [1.82, 2.24) is 9.62 Å². The van der Waals surface area contributed by atoms with Crippen LogP contribution < -0.4 is 9.62 Å². The molecule has 2 fully saturated rings. The maximum atomic E-state index is 12.8. The van der Waals surface area contributed by atoms with Crippen LogP contribution in [-0.2, 0) is 32.6 Å². The summed E-state index contributed by atoms with van der Waals surface area (Å²) in [6.07, 6.45) is 1.39. The predicted octanol–water partition coefficient (Wildman–Crippen LogP) is 2.43. The van der Waals surface area contributed by atoms with E-state index in [1.807, 2.05) is 31.2 Å². The Hall–Kier alpha value is -2.26. The molecule has 2 aromatic carbocycles. The number of benzene rings is 2. The van der Waals surface area contributed by atoms with Gasteiger partial charge in [0, 0.05) is 44.8 Å². The lowest BCUT2D eigenvalue weighted by Crippen LogP contribution is -2.35. The third-order valence-electron chi connectivity index (χ3n) is 5.84. The quantitative estimate of drug-likeness (QED) is 0.711. The average molecular weight is 444 g/mol. The molecular weight excluding hydrogens is 414 g/mol. The van der Waals surface area contributed by atoms with Crippen molar-refractivity contribution < 1.29 is 17.9 Å². The number of carbonyl (C=O) groups excluding carboxylic acids is 1. The van der Waals surface area contributed by atoms with E-state index in [4.69, 9.17) is 4.74 Å². The summed E-state index contributed by atoms with van der Waals surface area (Å²) < 4.78 is 33.6. The van der Waals surface area contributed by atoms with Gasteiger partial charge in [0.15, 0.2) is 0 Å². The van der Waals surface area contributed by atoms with Gasteiger partial charge in [-0.15, -0.1) is 0 Å². The number of anilines is 1. The van der Waals surface area contributed by atoms with E-state index in [2.05, 4.69) is 9.62 Å². The van der Waals surface area contributed by atoms with Crippen LogP contribution in [0.4, 0.5) is 5.69 Å². The largest absolute Gasteiger partial charge is 0.379 e. The molecule has 0 spiro atoms. The van der Waals surface area contributed by atoms with Crippen LogP contribution in [-0.4, -0.2) is 52.1 Å². The normalized spacial score (nSPS) is 18.0. The Labute approximate surface area is 184 Å². The number of sulfonamides is 1. The third kappa shape index (κ3) is 5.33. The van der Waals surface area contributed by atoms with Gasteiger partial charge in [-0.25, -0.2) is 13.1 Å². The molecule has 7 nitrogen and oxygen atoms in total. The minimum Gasteiger partial charge on any atom is -0.379 e. The molecule has 2 aliphatic rings. The minimum absolute atomic E-state index is 0.0916. The topological polar surface area (TPSA) is 79.0 Å². The van der Waals surface area contributed by atoms with E-state index in [-0.39, 0.29) is 17.3 Å². The first-order valence-electron chi connectivity index (χ1n) is 10.7. The smallest absolute Gasteiger partial charge is 0.240 e. The fourth-order valence-corrected chi connectivity index (χ4v) is 5.14. The molecule has 1 amide bonds. The standard InChI is InChI=1S/C23H29N3O4S/c1-18-15-21(8-9-22(18)26-10-2-3-23(26)27)31(28,29)24-16-19-4-6-20(7-5-19)17-25-11-13-30-14-12-25/h4-9,15,24H,2-3,10-14,16-17H2,1H3. The van der Waals surface area contributed by atoms with Crippen molar-refractivity contribution in [1.29, 1.82) is 0 Å². The van der Waals surface area contributed by atoms with E-state index in [0.29, 0.717) is 13.0 Å². The fourth-order valence-electron chi connectivity index (χ4n) is 4.04. The number of morpholine rings is 1. The third-order valence-corrected chi connectivity index (χ3v) is 7.24. The van der Waals surface area contributed by atoms with Crippen LogP contribution in [0, 0.1) is 6.92 Å². The van der Waals surface area contributed by atoms with Crippen LogP contribution in [0.5, 0.6) is 0 Å². The lowest BCUT2D eigenvalue weighted by molar-refractivity contribution is -0.117. The van der Waals surface area contributed by atoms with Gasteiger partial charge in [-0.1, -0.05) is 24.3 Å². The number of hydrogen-bond acceptors (Lipinski definition) is 5. The number of aryl methyl sites for hydroxylation is 1. The molecule has 2 saturated heterocycles. The van der Waals surface area contributed by atoms with E-state index < -0.39 is 10.0 Å². The molecule has 4 rings (SSSR count). The first-order valence-corrected chi connectivity index (χ1v) is 12.2. The average Bonchev–Trinajstić information content (AvgIpc) is 3.19. The number of ether oxygens (including phenoxy) is 1. The zero-order valence-corrected chi connectivity index (χ0v) is 18.7. The van der Waals surface area contributed by atoms with Gasteiger partial charge in [-0.2, -0.15) is 0 Å². The van der Waals surface area contributed by atoms with Crippen molar-refractivity contribution in [3.63, 3.8) is 0 Å². The van der Waals surface area contributed by atoms with Gasteiger partial charge in [0.1, 0.15) is 0 Å². The van der Waals surface area contributed by atoms with Gasteiger partial charge in [0.25, 0.3) is 0 Å². The molecule has 2 heterocycles. The molecule has 31 heavy (non-hydrogen) atoms. The number of hydrogen-bond donors (Lipinski definition) is 1. The molecule has 2 aliphatic heterocycles. The molecule has 0 saturated carbocycles. The highest BCUT2D eigenvalue weighted by atomic mass is 32.2. The van der Waals surface area contributed by atoms with E-state index in [0.717, 1.165) is 56.1 Å². The van der Waals surface area contributed by atoms with Gasteiger partial charge in [-0.05, 0) is 48.2 Å². The summed E-state index contributed by atoms with van der Waals surface area (Å²) >= 11 is 0. The maximum Gasteiger partial charge on any atom is 0.240 e. The van der Waals surface area contributed by atoms with E-state index in [1.54, 1.807) is 23.1 Å². The summed E-state index contributed by atoms with van der Waals surface area (Å²) in [4.78, 5) is 16.3. The summed E-state index contributed by atoms with van der Waals surface area (Å²) in [6.45, 7) is 7.05. The molecular formula is C23H29N3O4S. The van der Waals surface area contributed by atoms with Gasteiger partial charge in [0.2, 0.25) is 15.9 Å². The van der Waals surface area contributed by atoms with Crippen molar-refractivity contribution in [3.8, 4) is 0 Å². The Balaban J connectivity index is 1.37. The fraction of sp³-hybridized carbons (Fsp3) is 0.435. The highest BCUT2D eigenvalue weighted by molar-refractivity contribution is 7.89. The van der Waals surface area contributed by atoms with E-state index in [1.165, 1.54) is 5.56 Å². The van der Waals surface area contributed by atoms with Crippen LogP contribution >= 0.6 is 0 Å². The first-order chi connectivity index (χ1) is 14.9. The summed E-state index contributed by atoms with van der Waals surface area (Å²) in [5.41, 5.74) is 3.68. The molecule has 0 unspecified atom stereocenters. The zero-order chi connectivity index (χ0) is 21.8. The highest BCUT2D eigenvalue weighted by Crippen LogP contribution is 2.27. The first kappa shape index (κ1) is 22.0. The van der Waals surface area contributed by atoms with Crippen LogP contribution in [0.25, 0.3) is 0 Å². The van der Waals surface area contributed by atoms with Gasteiger partial charge in [0.05, 0.1) is 18.1 Å². The molecule has 0 aromatic heterocycles. The van der Waals surface area contributed by atoms with Gasteiger partial charge >= 0.3 is 0 Å². The second kappa shape index (κ2) is 9.48. The Kier molecular flexibility index (Phi) is 6.71. The summed E-state index contributed by atoms with van der Waals surface area (Å²) in [5, 5.41) is 0. The number of amides is 1. The van der Waals surface area contributed by atoms with Gasteiger partial charge < -0.3 is 9.64 Å². The Bertz CT molecular complexity index is 1030. The van der Waals surface area contributed by atoms with Crippen LogP contribution in [0.1, 0.15) is 29.5 Å². The van der Waals surface area contributed by atoms with Crippen molar-refractivity contribution in [2.75, 3.05) is 37.7 Å². The number of nitrogens with one attached hydrogen (secondary N) is 1. The molecule has 8 heteroatoms. The monoisotopic (exact) mass is 443 g/mol. The van der Waals surface area contributed by atoms with Crippen molar-refractivity contribution in [2.24, 2.45) is 0 Å². The summed E-state index contributed by atoms with van der Waals surface area (Å²) in [7, 11) is -3.64. The summed E-state index contributed by atoms with van der Waals surface area (Å²) in [5.74, 6) is 0.0916. The molecule has 0 aliphatic carbocycles. The second-order valence-corrected chi connectivity index (χ2v) is 9.89. The molecule has 2 aromatic rings. The Morgan fingerprint density at radius 2 is 1.71 bits per heavy atom. The number of rotatable bonds is 7. The van der Waals surface area contributed by atoms with Crippen LogP contribution in [0.15, 0.2) is 47.4 Å². The Morgan fingerprint density at radius 3 is 2.35 bits per heavy atom. The lowest BCUT2D eigenvalue weighted by atomic mass is 10.1. The minimum atomic E-state index is -3.64. The molecule has 1 N–H and O–H groups in total. The molecule has 0 bridgehead atoms. The molecule has 166 valence electrons. The maximum absolute atomic E-state index is 12.8. The lowest BCUT2D eigenvalue weighted by Gasteiger charge is -2.26. The summed E-state index contributed by atoms with van der Waals surface area (Å²) in [6, 6.07) is 13.0. The van der Waals surface area contributed by atoms with Crippen LogP contribution in [0.3, 0.4) is 0 Å². The number of nitrogens with zero attached hydrogens (tertiary/aromatic N) is 2. The van der Waals surface area contributed by atoms with Crippen LogP contribution in [0.2, 0.25) is 0 Å². The van der Waals surface area contributed by atoms with Crippen molar-refractivity contribution in [2.45, 2.75) is 37.8 Å². The zero-order valence-electron chi connectivity index (χ0n) is 17.8.